The summed E-state index contributed by atoms with van der Waals surface area (Å²) in [4.78, 5) is 9.26. The van der Waals surface area contributed by atoms with Crippen molar-refractivity contribution >= 4 is 17.2 Å². The van der Waals surface area contributed by atoms with E-state index in [1.54, 1.807) is 0 Å². The Labute approximate surface area is 148 Å². The number of nitrogens with two attached hydrogens (primary N) is 2. The summed E-state index contributed by atoms with van der Waals surface area (Å²) in [5, 5.41) is 3.31. The zero-order valence-corrected chi connectivity index (χ0v) is 14.4. The number of amidine groups is 1. The average molecular weight is 336 g/mol. The molecule has 2 aliphatic rings. The average Bonchev–Trinajstić information content (AvgIpc) is 2.62. The smallest absolute Gasteiger partial charge is 0.211 e. The summed E-state index contributed by atoms with van der Waals surface area (Å²) in [6.07, 6.45) is 0. The Kier molecular flexibility index (Phi) is 3.86. The van der Waals surface area contributed by atoms with Crippen molar-refractivity contribution in [1.29, 1.82) is 0 Å². The van der Waals surface area contributed by atoms with Crippen molar-refractivity contribution in [1.82, 2.24) is 4.90 Å². The molecule has 0 spiro atoms. The molecule has 0 saturated carbocycles. The highest BCUT2D eigenvalue weighted by atomic mass is 15.3. The molecule has 2 heterocycles. The van der Waals surface area contributed by atoms with Crippen molar-refractivity contribution in [3.63, 3.8) is 0 Å². The number of nitrogens with zero attached hydrogens (tertiary/aromatic N) is 3. The van der Waals surface area contributed by atoms with Crippen molar-refractivity contribution in [3.05, 3.63) is 59.7 Å². The highest BCUT2D eigenvalue weighted by Gasteiger charge is 2.32. The third-order valence-corrected chi connectivity index (χ3v) is 5.00. The van der Waals surface area contributed by atoms with Crippen LogP contribution in [0.3, 0.4) is 0 Å². The number of benzene rings is 2. The number of hydrogen-bond donors (Lipinski definition) is 3. The van der Waals surface area contributed by atoms with Crippen LogP contribution in [0.15, 0.2) is 53.5 Å². The van der Waals surface area contributed by atoms with Crippen LogP contribution in [0.5, 0.6) is 0 Å². The van der Waals surface area contributed by atoms with Gasteiger partial charge in [0.25, 0.3) is 0 Å². The van der Waals surface area contributed by atoms with E-state index in [0.717, 1.165) is 43.0 Å². The number of aliphatic imine (C=N–C) groups is 1. The lowest BCUT2D eigenvalue weighted by molar-refractivity contribution is 0.313. The number of rotatable bonds is 2. The van der Waals surface area contributed by atoms with Crippen LogP contribution in [0.25, 0.3) is 0 Å². The van der Waals surface area contributed by atoms with Gasteiger partial charge in [0, 0.05) is 48.7 Å². The zero-order chi connectivity index (χ0) is 17.4. The van der Waals surface area contributed by atoms with Crippen LogP contribution < -0.4 is 21.7 Å². The van der Waals surface area contributed by atoms with Crippen LogP contribution in [0.2, 0.25) is 0 Å². The Bertz CT molecular complexity index is 792. The molecule has 4 rings (SSSR count). The minimum atomic E-state index is -1.04. The summed E-state index contributed by atoms with van der Waals surface area (Å²) in [5.41, 5.74) is 16.6. The van der Waals surface area contributed by atoms with Crippen LogP contribution in [-0.2, 0) is 5.79 Å². The molecule has 6 heteroatoms. The predicted octanol–water partition coefficient (Wildman–Crippen LogP) is 1.34. The molecular weight excluding hydrogens is 312 g/mol. The molecule has 2 aliphatic heterocycles. The third kappa shape index (κ3) is 2.94. The van der Waals surface area contributed by atoms with Gasteiger partial charge in [-0.05, 0) is 31.3 Å². The first kappa shape index (κ1) is 15.9. The predicted molar refractivity (Wildman–Crippen MR) is 103 cm³/mol. The molecule has 1 saturated heterocycles. The number of likely N-dealkylation sites (N-methyl/N-ethyl adjacent to an activating group) is 1. The molecule has 1 unspecified atom stereocenters. The van der Waals surface area contributed by atoms with Gasteiger partial charge in [-0.2, -0.15) is 0 Å². The van der Waals surface area contributed by atoms with Gasteiger partial charge in [0.1, 0.15) is 5.84 Å². The van der Waals surface area contributed by atoms with Gasteiger partial charge in [-0.15, -0.1) is 0 Å². The van der Waals surface area contributed by atoms with Crippen molar-refractivity contribution < 1.29 is 0 Å². The lowest BCUT2D eigenvalue weighted by Gasteiger charge is -2.35. The third-order valence-electron chi connectivity index (χ3n) is 5.00. The lowest BCUT2D eigenvalue weighted by Crippen LogP contribution is -2.47. The highest BCUT2D eigenvalue weighted by Crippen LogP contribution is 2.31. The van der Waals surface area contributed by atoms with Gasteiger partial charge in [-0.1, -0.05) is 24.3 Å². The number of hydrogen-bond acceptors (Lipinski definition) is 6. The molecule has 0 radical (unpaired) electrons. The van der Waals surface area contributed by atoms with Gasteiger partial charge in [-0.3, -0.25) is 5.73 Å². The second-order valence-corrected chi connectivity index (χ2v) is 6.77. The minimum absolute atomic E-state index is 0.458. The fourth-order valence-electron chi connectivity index (χ4n) is 3.43. The lowest BCUT2D eigenvalue weighted by atomic mass is 10.0. The van der Waals surface area contributed by atoms with Crippen LogP contribution in [0, 0.1) is 0 Å². The summed E-state index contributed by atoms with van der Waals surface area (Å²) in [7, 11) is 2.16. The highest BCUT2D eigenvalue weighted by molar-refractivity contribution is 6.04. The molecule has 0 amide bonds. The van der Waals surface area contributed by atoms with Gasteiger partial charge in [0.15, 0.2) is 0 Å². The molecule has 2 aromatic rings. The summed E-state index contributed by atoms with van der Waals surface area (Å²) in [6, 6.07) is 16.1. The van der Waals surface area contributed by atoms with Crippen LogP contribution >= 0.6 is 0 Å². The number of anilines is 2. The molecule has 0 aromatic heterocycles. The Hall–Kier alpha value is -2.57. The van der Waals surface area contributed by atoms with E-state index in [2.05, 4.69) is 39.3 Å². The van der Waals surface area contributed by atoms with Crippen molar-refractivity contribution in [2.75, 3.05) is 43.4 Å². The van der Waals surface area contributed by atoms with E-state index >= 15 is 0 Å². The van der Waals surface area contributed by atoms with Gasteiger partial charge in [0.2, 0.25) is 5.79 Å². The largest absolute Gasteiger partial charge is 0.383 e. The molecule has 0 bridgehead atoms. The van der Waals surface area contributed by atoms with E-state index in [1.807, 2.05) is 36.4 Å². The van der Waals surface area contributed by atoms with Crippen LogP contribution in [0.1, 0.15) is 11.1 Å². The molecule has 2 aromatic carbocycles. The summed E-state index contributed by atoms with van der Waals surface area (Å²) in [5.74, 6) is -0.584. The molecule has 1 atom stereocenters. The van der Waals surface area contributed by atoms with Gasteiger partial charge >= 0.3 is 0 Å². The van der Waals surface area contributed by atoms with E-state index in [9.17, 15) is 0 Å². The summed E-state index contributed by atoms with van der Waals surface area (Å²) < 4.78 is 0. The second-order valence-electron chi connectivity index (χ2n) is 6.77. The molecule has 25 heavy (non-hydrogen) atoms. The Balaban J connectivity index is 1.59. The quantitative estimate of drug-likeness (QED) is 0.771. The normalized spacial score (nSPS) is 23.6. The van der Waals surface area contributed by atoms with E-state index in [1.165, 1.54) is 5.69 Å². The van der Waals surface area contributed by atoms with E-state index in [0.29, 0.717) is 5.84 Å². The summed E-state index contributed by atoms with van der Waals surface area (Å²) >= 11 is 0. The first-order valence-electron chi connectivity index (χ1n) is 8.61. The van der Waals surface area contributed by atoms with Gasteiger partial charge < -0.3 is 20.9 Å². The molecule has 130 valence electrons. The van der Waals surface area contributed by atoms with Crippen LogP contribution in [0.4, 0.5) is 11.4 Å². The molecular formula is C19H24N6. The first-order valence-corrected chi connectivity index (χ1v) is 8.61. The maximum atomic E-state index is 6.53. The monoisotopic (exact) mass is 336 g/mol. The fraction of sp³-hybridized carbons (Fsp3) is 0.316. The minimum Gasteiger partial charge on any atom is -0.383 e. The SMILES string of the molecule is CN1CCN(c2ccc(C3(N)N=C(N)c4ccccc4N3)cc2)CC1. The Morgan fingerprint density at radius 3 is 2.40 bits per heavy atom. The second kappa shape index (κ2) is 6.06. The molecule has 6 nitrogen and oxygen atoms in total. The number of fused-ring (bicyclic) bond motifs is 1. The Morgan fingerprint density at radius 2 is 1.68 bits per heavy atom. The van der Waals surface area contributed by atoms with Crippen molar-refractivity contribution in [2.45, 2.75) is 5.79 Å². The standard InChI is InChI=1S/C19H24N6/c1-24-10-12-25(13-11-24)15-8-6-14(7-9-15)19(21)22-17-5-3-2-4-16(17)18(20)23-19/h2-9,22H,10-13,21H2,1H3,(H2,20,23). The molecule has 5 N–H and O–H groups in total. The first-order chi connectivity index (χ1) is 12.0. The topological polar surface area (TPSA) is 82.9 Å². The molecule has 1 fully saturated rings. The Morgan fingerprint density at radius 1 is 1.00 bits per heavy atom. The zero-order valence-electron chi connectivity index (χ0n) is 14.4. The fourth-order valence-corrected chi connectivity index (χ4v) is 3.43. The van der Waals surface area contributed by atoms with Crippen molar-refractivity contribution in [3.8, 4) is 0 Å². The number of para-hydroxylation sites is 1. The van der Waals surface area contributed by atoms with E-state index in [4.69, 9.17) is 11.5 Å². The number of nitrogens with one attached hydrogen (secondary N) is 1. The number of piperazine rings is 1. The van der Waals surface area contributed by atoms with Gasteiger partial charge in [-0.25, -0.2) is 4.99 Å². The van der Waals surface area contributed by atoms with Crippen molar-refractivity contribution in [2.24, 2.45) is 16.5 Å². The maximum absolute atomic E-state index is 6.53. The maximum Gasteiger partial charge on any atom is 0.211 e. The van der Waals surface area contributed by atoms with E-state index in [-0.39, 0.29) is 0 Å². The molecule has 0 aliphatic carbocycles. The van der Waals surface area contributed by atoms with Crippen LogP contribution in [-0.4, -0.2) is 44.0 Å². The van der Waals surface area contributed by atoms with E-state index < -0.39 is 5.79 Å². The van der Waals surface area contributed by atoms with Gasteiger partial charge in [0.05, 0.1) is 0 Å². The summed E-state index contributed by atoms with van der Waals surface area (Å²) in [6.45, 7) is 4.25.